The molecule has 26 heavy (non-hydrogen) atoms. The largest absolute Gasteiger partial charge is 0.484 e. The maximum Gasteiger partial charge on any atom is 0.279 e. The molecule has 1 heterocycles. The number of hydrazine groups is 1. The van der Waals surface area contributed by atoms with Gasteiger partial charge in [0.1, 0.15) is 11.6 Å². The fraction of sp³-hybridized carbons (Fsp3) is 0.368. The lowest BCUT2D eigenvalue weighted by atomic mass is 10.00. The van der Waals surface area contributed by atoms with Crippen LogP contribution in [0.25, 0.3) is 0 Å². The third-order valence-corrected chi connectivity index (χ3v) is 5.46. The first-order valence-corrected chi connectivity index (χ1v) is 9.52. The van der Waals surface area contributed by atoms with E-state index in [4.69, 9.17) is 4.74 Å². The standard InChI is InChI=1S/C19H21FN2O3S/c20-14-7-9-15(10-8-14)25-12-18(23)21-22-19(24)17-11-13-5-3-1-2-4-6-16(13)26-17/h7-11H,1-6,12H2,(H,21,23)(H,22,24). The van der Waals surface area contributed by atoms with E-state index in [1.165, 1.54) is 58.9 Å². The summed E-state index contributed by atoms with van der Waals surface area (Å²) in [6.07, 6.45) is 6.82. The third-order valence-electron chi connectivity index (χ3n) is 4.22. The molecule has 0 saturated carbocycles. The molecule has 5 nitrogen and oxygen atoms in total. The Hall–Kier alpha value is -2.41. The predicted molar refractivity (Wildman–Crippen MR) is 97.7 cm³/mol. The van der Waals surface area contributed by atoms with Crippen LogP contribution in [0.4, 0.5) is 4.39 Å². The Morgan fingerprint density at radius 2 is 1.77 bits per heavy atom. The van der Waals surface area contributed by atoms with Crippen LogP contribution in [0, 0.1) is 5.82 Å². The summed E-state index contributed by atoms with van der Waals surface area (Å²) in [6.45, 7) is -0.271. The predicted octanol–water partition coefficient (Wildman–Crippen LogP) is 3.39. The fourth-order valence-electron chi connectivity index (χ4n) is 2.86. The number of benzene rings is 1. The maximum atomic E-state index is 12.8. The summed E-state index contributed by atoms with van der Waals surface area (Å²) in [5.74, 6) is -0.806. The quantitative estimate of drug-likeness (QED) is 0.804. The molecule has 1 aliphatic carbocycles. The van der Waals surface area contributed by atoms with Gasteiger partial charge in [-0.1, -0.05) is 12.8 Å². The molecule has 0 fully saturated rings. The third kappa shape index (κ3) is 5.05. The topological polar surface area (TPSA) is 67.4 Å². The van der Waals surface area contributed by atoms with Gasteiger partial charge in [-0.3, -0.25) is 20.4 Å². The van der Waals surface area contributed by atoms with E-state index in [0.717, 1.165) is 25.7 Å². The van der Waals surface area contributed by atoms with Gasteiger partial charge in [0, 0.05) is 4.88 Å². The van der Waals surface area contributed by atoms with Gasteiger partial charge in [-0.25, -0.2) is 4.39 Å². The normalized spacial score (nSPS) is 13.9. The average Bonchev–Trinajstić information content (AvgIpc) is 3.01. The zero-order valence-corrected chi connectivity index (χ0v) is 15.2. The summed E-state index contributed by atoms with van der Waals surface area (Å²) in [5, 5.41) is 0. The Balaban J connectivity index is 1.48. The number of nitrogens with one attached hydrogen (secondary N) is 2. The minimum atomic E-state index is -0.488. The van der Waals surface area contributed by atoms with E-state index in [-0.39, 0.29) is 18.3 Å². The van der Waals surface area contributed by atoms with E-state index < -0.39 is 5.91 Å². The molecule has 3 rings (SSSR count). The number of fused-ring (bicyclic) bond motifs is 1. The highest BCUT2D eigenvalue weighted by Crippen LogP contribution is 2.28. The van der Waals surface area contributed by atoms with Crippen LogP contribution < -0.4 is 15.6 Å². The van der Waals surface area contributed by atoms with Gasteiger partial charge >= 0.3 is 0 Å². The van der Waals surface area contributed by atoms with Crippen molar-refractivity contribution in [2.45, 2.75) is 38.5 Å². The van der Waals surface area contributed by atoms with Crippen LogP contribution in [0.5, 0.6) is 5.75 Å². The van der Waals surface area contributed by atoms with Crippen molar-refractivity contribution in [3.63, 3.8) is 0 Å². The minimum absolute atomic E-state index is 0.271. The summed E-state index contributed by atoms with van der Waals surface area (Å²) < 4.78 is 18.0. The van der Waals surface area contributed by atoms with Crippen molar-refractivity contribution in [2.24, 2.45) is 0 Å². The molecule has 0 bridgehead atoms. The van der Waals surface area contributed by atoms with Gasteiger partial charge in [-0.15, -0.1) is 11.3 Å². The van der Waals surface area contributed by atoms with Gasteiger partial charge in [0.2, 0.25) is 0 Å². The number of carbonyl (C=O) groups excluding carboxylic acids is 2. The first-order chi connectivity index (χ1) is 12.6. The summed E-state index contributed by atoms with van der Waals surface area (Å²) in [7, 11) is 0. The first-order valence-electron chi connectivity index (χ1n) is 8.71. The highest BCUT2D eigenvalue weighted by Gasteiger charge is 2.16. The van der Waals surface area contributed by atoms with E-state index in [1.807, 2.05) is 6.07 Å². The molecule has 0 aliphatic heterocycles. The molecular weight excluding hydrogens is 355 g/mol. The Kier molecular flexibility index (Phi) is 6.22. The van der Waals surface area contributed by atoms with Crippen molar-refractivity contribution in [1.82, 2.24) is 10.9 Å². The minimum Gasteiger partial charge on any atom is -0.484 e. The average molecular weight is 376 g/mol. The molecule has 7 heteroatoms. The van der Waals surface area contributed by atoms with Gasteiger partial charge in [-0.2, -0.15) is 0 Å². The van der Waals surface area contributed by atoms with Crippen molar-refractivity contribution in [3.8, 4) is 5.75 Å². The smallest absolute Gasteiger partial charge is 0.279 e. The molecule has 1 aromatic heterocycles. The maximum absolute atomic E-state index is 12.8. The number of carbonyl (C=O) groups is 2. The van der Waals surface area contributed by atoms with Gasteiger partial charge in [0.25, 0.3) is 11.8 Å². The SMILES string of the molecule is O=C(COc1ccc(F)cc1)NNC(=O)c1cc2c(s1)CCCCCC2. The van der Waals surface area contributed by atoms with E-state index in [0.29, 0.717) is 10.6 Å². The summed E-state index contributed by atoms with van der Waals surface area (Å²) in [5.41, 5.74) is 6.01. The number of hydrogen-bond acceptors (Lipinski definition) is 4. The Bertz CT molecular complexity index is 748. The van der Waals surface area contributed by atoms with E-state index in [2.05, 4.69) is 10.9 Å². The zero-order valence-electron chi connectivity index (χ0n) is 14.3. The van der Waals surface area contributed by atoms with Crippen molar-refractivity contribution in [1.29, 1.82) is 0 Å². The Morgan fingerprint density at radius 1 is 1.04 bits per heavy atom. The highest BCUT2D eigenvalue weighted by molar-refractivity contribution is 7.14. The molecule has 138 valence electrons. The number of hydrogen-bond donors (Lipinski definition) is 2. The number of halogens is 1. The molecule has 2 amide bonds. The second kappa shape index (κ2) is 8.80. The van der Waals surface area contributed by atoms with Crippen molar-refractivity contribution < 1.29 is 18.7 Å². The molecule has 2 aromatic rings. The van der Waals surface area contributed by atoms with Crippen molar-refractivity contribution in [2.75, 3.05) is 6.61 Å². The Labute approximate surface area is 155 Å². The van der Waals surface area contributed by atoms with Gasteiger partial charge < -0.3 is 4.74 Å². The molecule has 1 aliphatic rings. The highest BCUT2D eigenvalue weighted by atomic mass is 32.1. The van der Waals surface area contributed by atoms with Gasteiger partial charge in [-0.05, 0) is 61.6 Å². The van der Waals surface area contributed by atoms with Crippen LogP contribution in [0.3, 0.4) is 0 Å². The molecule has 0 atom stereocenters. The number of rotatable bonds is 4. The molecule has 0 spiro atoms. The van der Waals surface area contributed by atoms with Gasteiger partial charge in [0.15, 0.2) is 6.61 Å². The van der Waals surface area contributed by atoms with Crippen molar-refractivity contribution >= 4 is 23.2 Å². The lowest BCUT2D eigenvalue weighted by Crippen LogP contribution is -2.43. The van der Waals surface area contributed by atoms with E-state index in [9.17, 15) is 14.0 Å². The van der Waals surface area contributed by atoms with Crippen LogP contribution in [-0.4, -0.2) is 18.4 Å². The van der Waals surface area contributed by atoms with Crippen molar-refractivity contribution in [3.05, 3.63) is 51.5 Å². The first kappa shape index (κ1) is 18.4. The summed E-state index contributed by atoms with van der Waals surface area (Å²) >= 11 is 1.50. The fourth-order valence-corrected chi connectivity index (χ4v) is 4.01. The zero-order chi connectivity index (χ0) is 18.4. The van der Waals surface area contributed by atoms with Crippen LogP contribution in [0.2, 0.25) is 0 Å². The number of amides is 2. The second-order valence-corrected chi connectivity index (χ2v) is 7.35. The second-order valence-electron chi connectivity index (χ2n) is 6.22. The van der Waals surface area contributed by atoms with Crippen LogP contribution >= 0.6 is 11.3 Å². The number of ether oxygens (including phenoxy) is 1. The molecular formula is C19H21FN2O3S. The molecule has 1 aromatic carbocycles. The van der Waals surface area contributed by atoms with E-state index in [1.54, 1.807) is 0 Å². The van der Waals surface area contributed by atoms with Crippen LogP contribution in [-0.2, 0) is 17.6 Å². The number of thiophene rings is 1. The summed E-state index contributed by atoms with van der Waals surface area (Å²) in [4.78, 5) is 25.9. The lowest BCUT2D eigenvalue weighted by Gasteiger charge is -2.08. The molecule has 0 saturated heterocycles. The molecule has 2 N–H and O–H groups in total. The number of aryl methyl sites for hydroxylation is 2. The Morgan fingerprint density at radius 3 is 2.54 bits per heavy atom. The molecule has 0 radical (unpaired) electrons. The molecule has 0 unspecified atom stereocenters. The summed E-state index contributed by atoms with van der Waals surface area (Å²) in [6, 6.07) is 7.29. The van der Waals surface area contributed by atoms with Crippen LogP contribution in [0.15, 0.2) is 30.3 Å². The van der Waals surface area contributed by atoms with Gasteiger partial charge in [0.05, 0.1) is 4.88 Å². The monoisotopic (exact) mass is 376 g/mol. The van der Waals surface area contributed by atoms with E-state index >= 15 is 0 Å². The lowest BCUT2D eigenvalue weighted by molar-refractivity contribution is -0.123. The van der Waals surface area contributed by atoms with Crippen LogP contribution in [0.1, 0.15) is 45.8 Å².